The average molecular weight is 617 g/mol. The van der Waals surface area contributed by atoms with Crippen molar-refractivity contribution in [2.75, 3.05) is 39.3 Å². The number of carbonyl (C=O) groups is 2. The second-order valence-electron chi connectivity index (χ2n) is 11.5. The topological polar surface area (TPSA) is 81.1 Å². The summed E-state index contributed by atoms with van der Waals surface area (Å²) >= 11 is 3.50. The van der Waals surface area contributed by atoms with Gasteiger partial charge in [-0.1, -0.05) is 41.3 Å². The summed E-state index contributed by atoms with van der Waals surface area (Å²) < 4.78 is 14.1. The molecule has 3 aliphatic rings. The maximum atomic E-state index is 14.1. The predicted octanol–water partition coefficient (Wildman–Crippen LogP) is 4.92. The van der Waals surface area contributed by atoms with Gasteiger partial charge >= 0.3 is 5.97 Å². The number of ether oxygens (including phenoxy) is 2. The second-order valence-corrected chi connectivity index (χ2v) is 12.5. The van der Waals surface area contributed by atoms with Gasteiger partial charge in [0, 0.05) is 42.2 Å². The van der Waals surface area contributed by atoms with Gasteiger partial charge in [-0.3, -0.25) is 19.3 Å². The smallest absolute Gasteiger partial charge is 0.320 e. The predicted molar refractivity (Wildman–Crippen MR) is 158 cm³/mol. The molecule has 8 nitrogen and oxygen atoms in total. The van der Waals surface area contributed by atoms with Gasteiger partial charge in [-0.25, -0.2) is 0 Å². The Morgan fingerprint density at radius 3 is 2.30 bits per heavy atom. The number of rotatable bonds is 8. The van der Waals surface area contributed by atoms with Crippen LogP contribution < -0.4 is 5.56 Å². The fourth-order valence-corrected chi connectivity index (χ4v) is 7.07. The molecule has 3 fully saturated rings. The van der Waals surface area contributed by atoms with E-state index in [4.69, 9.17) is 9.47 Å². The van der Waals surface area contributed by atoms with Crippen LogP contribution in [0.4, 0.5) is 0 Å². The molecule has 2 aliphatic heterocycles. The number of halogens is 1. The van der Waals surface area contributed by atoms with Crippen molar-refractivity contribution in [2.24, 2.45) is 5.92 Å². The Hall–Kier alpha value is -2.23. The van der Waals surface area contributed by atoms with Crippen molar-refractivity contribution in [1.82, 2.24) is 14.4 Å². The number of hydrogen-bond acceptors (Lipinski definition) is 6. The summed E-state index contributed by atoms with van der Waals surface area (Å²) in [5.41, 5.74) is -0.0877. The van der Waals surface area contributed by atoms with Crippen LogP contribution in [0, 0.1) is 5.92 Å². The van der Waals surface area contributed by atoms with Crippen LogP contribution >= 0.6 is 15.9 Å². The Morgan fingerprint density at radius 1 is 0.950 bits per heavy atom. The van der Waals surface area contributed by atoms with Crippen molar-refractivity contribution in [2.45, 2.75) is 83.0 Å². The van der Waals surface area contributed by atoms with E-state index in [1.807, 2.05) is 42.3 Å². The quantitative estimate of drug-likeness (QED) is 0.392. The zero-order valence-electron chi connectivity index (χ0n) is 23.6. The number of fused-ring (bicyclic) bond motifs is 1. The zero-order valence-corrected chi connectivity index (χ0v) is 25.1. The van der Waals surface area contributed by atoms with Crippen LogP contribution in [0.15, 0.2) is 39.7 Å². The van der Waals surface area contributed by atoms with Gasteiger partial charge in [0.2, 0.25) is 5.91 Å². The third kappa shape index (κ3) is 6.97. The summed E-state index contributed by atoms with van der Waals surface area (Å²) in [6, 6.07) is 7.25. The first-order chi connectivity index (χ1) is 19.4. The molecule has 2 aromatic rings. The first kappa shape index (κ1) is 29.3. The van der Waals surface area contributed by atoms with E-state index in [-0.39, 0.29) is 35.6 Å². The van der Waals surface area contributed by atoms with E-state index in [9.17, 15) is 14.4 Å². The molecule has 40 heavy (non-hydrogen) atoms. The third-order valence-electron chi connectivity index (χ3n) is 8.88. The van der Waals surface area contributed by atoms with Gasteiger partial charge in [-0.15, -0.1) is 0 Å². The number of piperidine rings is 2. The molecule has 1 atom stereocenters. The molecular formula is C31H42BrN3O5. The lowest BCUT2D eigenvalue weighted by atomic mass is 9.82. The van der Waals surface area contributed by atoms with E-state index >= 15 is 0 Å². The van der Waals surface area contributed by atoms with Crippen LogP contribution in [0.3, 0.4) is 0 Å². The number of likely N-dealkylation sites (tertiary alicyclic amines) is 2. The van der Waals surface area contributed by atoms with Crippen molar-refractivity contribution >= 4 is 38.6 Å². The lowest BCUT2D eigenvalue weighted by Crippen LogP contribution is -2.48. The fourth-order valence-electron chi connectivity index (χ4n) is 6.71. The molecule has 3 heterocycles. The Morgan fingerprint density at radius 2 is 1.62 bits per heavy atom. The Labute approximate surface area is 245 Å². The van der Waals surface area contributed by atoms with Crippen LogP contribution in [0.1, 0.15) is 70.8 Å². The number of pyridine rings is 1. The molecule has 5 rings (SSSR count). The number of hydrogen-bond donors (Lipinski definition) is 0. The largest absolute Gasteiger partial charge is 0.465 e. The van der Waals surface area contributed by atoms with E-state index in [0.29, 0.717) is 31.6 Å². The Balaban J connectivity index is 1.21. The number of nitrogens with zero attached hydrogens (tertiary/aromatic N) is 3. The van der Waals surface area contributed by atoms with E-state index in [1.54, 1.807) is 4.57 Å². The molecule has 0 spiro atoms. The molecule has 0 radical (unpaired) electrons. The number of amides is 1. The highest BCUT2D eigenvalue weighted by Crippen LogP contribution is 2.35. The summed E-state index contributed by atoms with van der Waals surface area (Å²) in [6.45, 7) is 5.57. The molecule has 1 amide bonds. The van der Waals surface area contributed by atoms with Crippen LogP contribution in [-0.2, 0) is 19.1 Å². The van der Waals surface area contributed by atoms with Gasteiger partial charge in [0.15, 0.2) is 0 Å². The molecule has 0 bridgehead atoms. The fraction of sp³-hybridized carbons (Fsp3) is 0.645. The van der Waals surface area contributed by atoms with Crippen molar-refractivity contribution < 1.29 is 19.1 Å². The highest BCUT2D eigenvalue weighted by molar-refractivity contribution is 9.10. The average Bonchev–Trinajstić information content (AvgIpc) is 2.97. The third-order valence-corrected chi connectivity index (χ3v) is 9.37. The van der Waals surface area contributed by atoms with Gasteiger partial charge < -0.3 is 18.9 Å². The van der Waals surface area contributed by atoms with Crippen LogP contribution in [0.5, 0.6) is 0 Å². The summed E-state index contributed by atoms with van der Waals surface area (Å²) in [6.07, 6.45) is 11.0. The minimum absolute atomic E-state index is 0.0778. The molecule has 1 aliphatic carbocycles. The lowest BCUT2D eigenvalue weighted by molar-refractivity contribution is -0.146. The molecule has 218 valence electrons. The van der Waals surface area contributed by atoms with Crippen molar-refractivity contribution in [3.05, 3.63) is 45.3 Å². The normalized spacial score (nSPS) is 21.0. The van der Waals surface area contributed by atoms with Crippen molar-refractivity contribution in [1.29, 1.82) is 0 Å². The van der Waals surface area contributed by atoms with Gasteiger partial charge in [-0.2, -0.15) is 0 Å². The Kier molecular flexibility index (Phi) is 9.97. The van der Waals surface area contributed by atoms with E-state index in [2.05, 4.69) is 20.8 Å². The number of esters is 1. The molecular weight excluding hydrogens is 574 g/mol. The number of carbonyl (C=O) groups excluding carboxylic acids is 2. The molecule has 0 N–H and O–H groups in total. The maximum absolute atomic E-state index is 14.1. The molecule has 2 saturated heterocycles. The molecule has 1 aromatic heterocycles. The monoisotopic (exact) mass is 615 g/mol. The second kappa shape index (κ2) is 13.6. The minimum atomic E-state index is -0.461. The summed E-state index contributed by atoms with van der Waals surface area (Å²) in [5, 5.41) is 1.54. The van der Waals surface area contributed by atoms with Gasteiger partial charge in [0.25, 0.3) is 5.56 Å². The van der Waals surface area contributed by atoms with Gasteiger partial charge in [0.05, 0.1) is 25.4 Å². The van der Waals surface area contributed by atoms with Crippen LogP contribution in [0.2, 0.25) is 0 Å². The minimum Gasteiger partial charge on any atom is -0.465 e. The van der Waals surface area contributed by atoms with E-state index in [0.717, 1.165) is 74.3 Å². The summed E-state index contributed by atoms with van der Waals surface area (Å²) in [7, 11) is 0. The number of benzene rings is 1. The molecule has 1 saturated carbocycles. The zero-order chi connectivity index (χ0) is 28.1. The van der Waals surface area contributed by atoms with Crippen molar-refractivity contribution in [3.63, 3.8) is 0 Å². The van der Waals surface area contributed by atoms with Crippen LogP contribution in [-0.4, -0.2) is 77.8 Å². The molecule has 1 aromatic carbocycles. The molecule has 9 heteroatoms. The van der Waals surface area contributed by atoms with Crippen molar-refractivity contribution in [3.8, 4) is 0 Å². The van der Waals surface area contributed by atoms with Gasteiger partial charge in [0.1, 0.15) is 6.04 Å². The standard InChI is InChI=1S/C31H42BrN3O5/c1-2-39-28(36)21-33-15-11-25(12-16-33)40-26-13-17-34(18-14-26)31(38)29(23-6-4-3-5-7-23)35-19-10-22-8-9-24(32)20-27(22)30(35)37/h8-10,19-20,23,25-26,29H,2-7,11-18,21H2,1H3/t29-/m1/s1. The first-order valence-electron chi connectivity index (χ1n) is 15.1. The van der Waals surface area contributed by atoms with Crippen LogP contribution in [0.25, 0.3) is 10.8 Å². The summed E-state index contributed by atoms with van der Waals surface area (Å²) in [4.78, 5) is 43.6. The Bertz CT molecular complexity index is 1230. The first-order valence-corrected chi connectivity index (χ1v) is 15.8. The van der Waals surface area contributed by atoms with E-state index < -0.39 is 6.04 Å². The van der Waals surface area contributed by atoms with Gasteiger partial charge in [-0.05, 0) is 75.0 Å². The SMILES string of the molecule is CCOC(=O)CN1CCC(OC2CCN(C(=O)[C@@H](C3CCCCC3)n3ccc4ccc(Br)cc4c3=O)CC2)CC1. The highest BCUT2D eigenvalue weighted by atomic mass is 79.9. The maximum Gasteiger partial charge on any atom is 0.320 e. The van der Waals surface area contributed by atoms with E-state index in [1.165, 1.54) is 6.42 Å². The molecule has 0 unspecified atom stereocenters. The summed E-state index contributed by atoms with van der Waals surface area (Å²) in [5.74, 6) is 0.0932. The highest BCUT2D eigenvalue weighted by Gasteiger charge is 2.37. The number of aromatic nitrogens is 1. The lowest BCUT2D eigenvalue weighted by Gasteiger charge is -2.39.